The van der Waals surface area contributed by atoms with E-state index < -0.39 is 7.60 Å². The fourth-order valence-corrected chi connectivity index (χ4v) is 4.77. The number of hydrogen-bond acceptors (Lipinski definition) is 3. The van der Waals surface area contributed by atoms with Crippen molar-refractivity contribution in [3.05, 3.63) is 60.2 Å². The van der Waals surface area contributed by atoms with E-state index in [-0.39, 0.29) is 6.16 Å². The molecule has 0 N–H and O–H groups in total. The Balaban J connectivity index is 2.22. The van der Waals surface area contributed by atoms with E-state index in [1.54, 1.807) is 0 Å². The van der Waals surface area contributed by atoms with Crippen LogP contribution in [0.1, 0.15) is 19.4 Å². The molecule has 0 aliphatic heterocycles. The van der Waals surface area contributed by atoms with Crippen LogP contribution in [0.25, 0.3) is 21.5 Å². The zero-order valence-electron chi connectivity index (χ0n) is 13.5. The molecular weight excluding hydrogens is 307 g/mol. The average Bonchev–Trinajstić information content (AvgIpc) is 2.55. The van der Waals surface area contributed by atoms with Gasteiger partial charge < -0.3 is 9.05 Å². The van der Waals surface area contributed by atoms with Gasteiger partial charge in [0.2, 0.25) is 0 Å². The molecule has 0 radical (unpaired) electrons. The molecule has 4 heteroatoms. The van der Waals surface area contributed by atoms with Crippen LogP contribution in [-0.4, -0.2) is 13.2 Å². The maximum Gasteiger partial charge on any atom is 0.335 e. The van der Waals surface area contributed by atoms with Crippen LogP contribution < -0.4 is 0 Å². The molecule has 0 aliphatic carbocycles. The summed E-state index contributed by atoms with van der Waals surface area (Å²) in [6.07, 6.45) is 0.288. The van der Waals surface area contributed by atoms with Gasteiger partial charge in [-0.3, -0.25) is 4.57 Å². The molecule has 3 rings (SSSR count). The highest BCUT2D eigenvalue weighted by atomic mass is 31.2. The molecule has 0 saturated heterocycles. The summed E-state index contributed by atoms with van der Waals surface area (Å²) in [5.74, 6) is 0. The van der Waals surface area contributed by atoms with Crippen molar-refractivity contribution < 1.29 is 13.6 Å². The van der Waals surface area contributed by atoms with E-state index in [0.29, 0.717) is 13.2 Å². The quantitative estimate of drug-likeness (QED) is 0.426. The molecule has 23 heavy (non-hydrogen) atoms. The third-order valence-corrected chi connectivity index (χ3v) is 5.89. The van der Waals surface area contributed by atoms with E-state index in [0.717, 1.165) is 27.1 Å². The number of rotatable bonds is 6. The highest BCUT2D eigenvalue weighted by molar-refractivity contribution is 7.53. The maximum absolute atomic E-state index is 13.0. The molecule has 3 nitrogen and oxygen atoms in total. The van der Waals surface area contributed by atoms with E-state index in [1.807, 2.05) is 38.1 Å². The molecule has 0 saturated carbocycles. The van der Waals surface area contributed by atoms with Crippen LogP contribution in [-0.2, 0) is 19.8 Å². The van der Waals surface area contributed by atoms with Crippen LogP contribution in [0.4, 0.5) is 0 Å². The van der Waals surface area contributed by atoms with Crippen molar-refractivity contribution in [3.63, 3.8) is 0 Å². The fourth-order valence-electron chi connectivity index (χ4n) is 2.99. The van der Waals surface area contributed by atoms with Crippen LogP contribution in [0.5, 0.6) is 0 Å². The molecule has 0 amide bonds. The summed E-state index contributed by atoms with van der Waals surface area (Å²) in [5, 5.41) is 4.48. The van der Waals surface area contributed by atoms with Gasteiger partial charge in [0.05, 0.1) is 19.4 Å². The normalized spacial score (nSPS) is 12.1. The first-order chi connectivity index (χ1) is 11.2. The second-order valence-corrected chi connectivity index (χ2v) is 7.46. The van der Waals surface area contributed by atoms with Crippen molar-refractivity contribution in [2.24, 2.45) is 0 Å². The van der Waals surface area contributed by atoms with E-state index >= 15 is 0 Å². The summed E-state index contributed by atoms with van der Waals surface area (Å²) in [6.45, 7) is 4.43. The van der Waals surface area contributed by atoms with Gasteiger partial charge >= 0.3 is 7.60 Å². The lowest BCUT2D eigenvalue weighted by Crippen LogP contribution is -2.00. The Morgan fingerprint density at radius 3 is 1.78 bits per heavy atom. The van der Waals surface area contributed by atoms with Crippen molar-refractivity contribution in [3.8, 4) is 0 Å². The topological polar surface area (TPSA) is 35.5 Å². The molecule has 3 aromatic rings. The summed E-state index contributed by atoms with van der Waals surface area (Å²) < 4.78 is 24.0. The minimum atomic E-state index is -3.15. The van der Waals surface area contributed by atoms with Crippen LogP contribution in [0.3, 0.4) is 0 Å². The highest BCUT2D eigenvalue weighted by Gasteiger charge is 2.26. The van der Waals surface area contributed by atoms with Gasteiger partial charge in [-0.2, -0.15) is 0 Å². The Morgan fingerprint density at radius 2 is 1.30 bits per heavy atom. The monoisotopic (exact) mass is 328 g/mol. The molecular formula is C19H21O3P. The summed E-state index contributed by atoms with van der Waals surface area (Å²) >= 11 is 0. The first-order valence-electron chi connectivity index (χ1n) is 7.94. The SMILES string of the molecule is CCOP(=O)(Cc1c2ccccc2cc2ccccc12)OCC. The van der Waals surface area contributed by atoms with Gasteiger partial charge in [-0.25, -0.2) is 0 Å². The third-order valence-electron chi connectivity index (χ3n) is 3.89. The van der Waals surface area contributed by atoms with Gasteiger partial charge in [-0.1, -0.05) is 48.5 Å². The standard InChI is InChI=1S/C19H21O3P/c1-3-21-23(20,22-4-2)14-19-17-11-7-5-9-15(17)13-16-10-6-8-12-18(16)19/h5-13H,3-4,14H2,1-2H3. The zero-order chi connectivity index (χ0) is 16.3. The summed E-state index contributed by atoms with van der Waals surface area (Å²) in [4.78, 5) is 0. The minimum absolute atomic E-state index is 0.288. The second kappa shape index (κ2) is 6.84. The van der Waals surface area contributed by atoms with Gasteiger partial charge in [0.25, 0.3) is 0 Å². The number of hydrogen-bond donors (Lipinski definition) is 0. The van der Waals surface area contributed by atoms with Crippen LogP contribution >= 0.6 is 7.60 Å². The fraction of sp³-hybridized carbons (Fsp3) is 0.263. The lowest BCUT2D eigenvalue weighted by molar-refractivity contribution is 0.219. The Hall–Kier alpha value is -1.67. The lowest BCUT2D eigenvalue weighted by Gasteiger charge is -2.19. The van der Waals surface area contributed by atoms with Crippen molar-refractivity contribution in [1.82, 2.24) is 0 Å². The predicted molar refractivity (Wildman–Crippen MR) is 96.0 cm³/mol. The van der Waals surface area contributed by atoms with Crippen LogP contribution in [0.15, 0.2) is 54.6 Å². The molecule has 3 aromatic carbocycles. The Kier molecular flexibility index (Phi) is 4.82. The maximum atomic E-state index is 13.0. The number of fused-ring (bicyclic) bond motifs is 2. The Labute approximate surface area is 136 Å². The summed E-state index contributed by atoms with van der Waals surface area (Å²) in [7, 11) is -3.15. The Bertz CT molecular complexity index is 809. The summed E-state index contributed by atoms with van der Waals surface area (Å²) in [6, 6.07) is 18.5. The molecule has 0 unspecified atom stereocenters. The lowest BCUT2D eigenvalue weighted by atomic mass is 9.98. The van der Waals surface area contributed by atoms with Crippen molar-refractivity contribution >= 4 is 29.1 Å². The van der Waals surface area contributed by atoms with Crippen molar-refractivity contribution in [2.75, 3.05) is 13.2 Å². The van der Waals surface area contributed by atoms with Crippen LogP contribution in [0.2, 0.25) is 0 Å². The van der Waals surface area contributed by atoms with E-state index in [1.165, 1.54) is 0 Å². The molecule has 0 bridgehead atoms. The average molecular weight is 328 g/mol. The van der Waals surface area contributed by atoms with Crippen molar-refractivity contribution in [2.45, 2.75) is 20.0 Å². The molecule has 120 valence electrons. The number of benzene rings is 3. The van der Waals surface area contributed by atoms with E-state index in [9.17, 15) is 4.57 Å². The van der Waals surface area contributed by atoms with Gasteiger partial charge in [0.15, 0.2) is 0 Å². The predicted octanol–water partition coefficient (Wildman–Crippen LogP) is 5.76. The van der Waals surface area contributed by atoms with E-state index in [4.69, 9.17) is 9.05 Å². The van der Waals surface area contributed by atoms with Gasteiger partial charge in [-0.05, 0) is 47.0 Å². The molecule has 0 aromatic heterocycles. The molecule has 0 atom stereocenters. The first kappa shape index (κ1) is 16.2. The first-order valence-corrected chi connectivity index (χ1v) is 9.67. The van der Waals surface area contributed by atoms with Crippen molar-refractivity contribution in [1.29, 1.82) is 0 Å². The van der Waals surface area contributed by atoms with Gasteiger partial charge in [-0.15, -0.1) is 0 Å². The van der Waals surface area contributed by atoms with Gasteiger partial charge in [0.1, 0.15) is 0 Å². The molecule has 0 spiro atoms. The summed E-state index contributed by atoms with van der Waals surface area (Å²) in [5.41, 5.74) is 1.03. The van der Waals surface area contributed by atoms with Gasteiger partial charge in [0, 0.05) is 0 Å². The molecule has 0 fully saturated rings. The highest BCUT2D eigenvalue weighted by Crippen LogP contribution is 2.53. The molecule has 0 aliphatic rings. The smallest absolute Gasteiger partial charge is 0.309 e. The Morgan fingerprint density at radius 1 is 0.826 bits per heavy atom. The molecule has 0 heterocycles. The van der Waals surface area contributed by atoms with E-state index in [2.05, 4.69) is 30.3 Å². The van der Waals surface area contributed by atoms with Crippen LogP contribution in [0, 0.1) is 0 Å². The zero-order valence-corrected chi connectivity index (χ0v) is 14.4. The second-order valence-electron chi connectivity index (χ2n) is 5.40. The third kappa shape index (κ3) is 3.32. The largest absolute Gasteiger partial charge is 0.335 e. The minimum Gasteiger partial charge on any atom is -0.309 e.